The molecule has 3 rings (SSSR count). The lowest BCUT2D eigenvalue weighted by Crippen LogP contribution is -2.47. The van der Waals surface area contributed by atoms with E-state index in [1.165, 1.54) is 5.57 Å². The first kappa shape index (κ1) is 27.2. The normalized spacial score (nSPS) is 36.0. The Morgan fingerprint density at radius 2 is 1.85 bits per heavy atom. The van der Waals surface area contributed by atoms with Crippen molar-refractivity contribution >= 4 is 5.91 Å². The average Bonchev–Trinajstić information content (AvgIpc) is 3.06. The van der Waals surface area contributed by atoms with E-state index in [-0.39, 0.29) is 11.3 Å². The van der Waals surface area contributed by atoms with Crippen LogP contribution in [0.15, 0.2) is 23.3 Å². The van der Waals surface area contributed by atoms with Gasteiger partial charge in [0.25, 0.3) is 0 Å². The molecule has 3 saturated carbocycles. The summed E-state index contributed by atoms with van der Waals surface area (Å²) < 4.78 is 38.6. The third kappa shape index (κ3) is 6.05. The second-order valence-electron chi connectivity index (χ2n) is 11.3. The van der Waals surface area contributed by atoms with Crippen molar-refractivity contribution in [1.29, 1.82) is 0 Å². The van der Waals surface area contributed by atoms with Crippen LogP contribution < -0.4 is 5.32 Å². The van der Waals surface area contributed by atoms with E-state index in [2.05, 4.69) is 24.4 Å². The molecule has 3 fully saturated rings. The summed E-state index contributed by atoms with van der Waals surface area (Å²) in [4.78, 5) is 12.1. The van der Waals surface area contributed by atoms with E-state index >= 15 is 0 Å². The van der Waals surface area contributed by atoms with Gasteiger partial charge < -0.3 is 20.6 Å². The zero-order valence-corrected chi connectivity index (χ0v) is 20.5. The average molecular weight is 488 g/mol. The smallest absolute Gasteiger partial charge is 0.393 e. The van der Waals surface area contributed by atoms with Gasteiger partial charge in [0.15, 0.2) is 5.60 Å². The van der Waals surface area contributed by atoms with Gasteiger partial charge >= 0.3 is 6.18 Å². The molecule has 5 nitrogen and oxygen atoms in total. The van der Waals surface area contributed by atoms with Crippen LogP contribution in [0.4, 0.5) is 13.2 Å². The third-order valence-electron chi connectivity index (χ3n) is 8.53. The fraction of sp³-hybridized carbons (Fsp3) is 0.808. The lowest BCUT2D eigenvalue weighted by Gasteiger charge is -2.44. The van der Waals surface area contributed by atoms with Crippen LogP contribution in [0.1, 0.15) is 78.6 Å². The Morgan fingerprint density at radius 1 is 1.21 bits per heavy atom. The summed E-state index contributed by atoms with van der Waals surface area (Å²) in [7, 11) is 0. The maximum Gasteiger partial charge on any atom is 0.417 e. The van der Waals surface area contributed by atoms with E-state index in [4.69, 9.17) is 0 Å². The number of hydrogen-bond acceptors (Lipinski definition) is 4. The molecule has 0 heterocycles. The second-order valence-corrected chi connectivity index (χ2v) is 11.3. The molecule has 34 heavy (non-hydrogen) atoms. The highest BCUT2D eigenvalue weighted by Crippen LogP contribution is 2.59. The Kier molecular flexibility index (Phi) is 8.25. The first-order valence-electron chi connectivity index (χ1n) is 12.5. The molecule has 0 spiro atoms. The van der Waals surface area contributed by atoms with Crippen molar-refractivity contribution in [2.45, 2.75) is 103 Å². The Labute approximate surface area is 200 Å². The molecule has 0 saturated heterocycles. The van der Waals surface area contributed by atoms with Gasteiger partial charge in [-0.25, -0.2) is 0 Å². The number of rotatable bonds is 6. The lowest BCUT2D eigenvalue weighted by atomic mass is 9.61. The fourth-order valence-electron chi connectivity index (χ4n) is 6.64. The fourth-order valence-corrected chi connectivity index (χ4v) is 6.64. The molecule has 0 aromatic carbocycles. The van der Waals surface area contributed by atoms with Gasteiger partial charge in [0.1, 0.15) is 0 Å². The summed E-state index contributed by atoms with van der Waals surface area (Å²) in [6.45, 7) is 5.26. The molecule has 8 heteroatoms. The molecule has 7 atom stereocenters. The van der Waals surface area contributed by atoms with E-state index in [1.54, 1.807) is 0 Å². The molecular formula is C26H40F3NO4. The molecule has 0 radical (unpaired) electrons. The van der Waals surface area contributed by atoms with Gasteiger partial charge in [0.2, 0.25) is 5.91 Å². The van der Waals surface area contributed by atoms with Gasteiger partial charge in [-0.15, -0.1) is 0 Å². The number of aliphatic hydroxyl groups excluding tert-OH is 2. The first-order chi connectivity index (χ1) is 15.7. The van der Waals surface area contributed by atoms with Gasteiger partial charge in [-0.2, -0.15) is 13.2 Å². The van der Waals surface area contributed by atoms with E-state index in [9.17, 15) is 33.3 Å². The molecule has 3 aliphatic carbocycles. The molecule has 3 aliphatic rings. The lowest BCUT2D eigenvalue weighted by molar-refractivity contribution is -0.253. The third-order valence-corrected chi connectivity index (χ3v) is 8.53. The van der Waals surface area contributed by atoms with E-state index in [0.717, 1.165) is 37.7 Å². The Bertz CT molecular complexity index is 794. The van der Waals surface area contributed by atoms with Gasteiger partial charge in [0.05, 0.1) is 18.6 Å². The quantitative estimate of drug-likeness (QED) is 0.447. The van der Waals surface area contributed by atoms with Gasteiger partial charge in [0, 0.05) is 6.54 Å². The highest BCUT2D eigenvalue weighted by molar-refractivity contribution is 5.77. The first-order valence-corrected chi connectivity index (χ1v) is 12.5. The minimum absolute atomic E-state index is 0.0653. The number of halogens is 3. The Morgan fingerprint density at radius 3 is 2.47 bits per heavy atom. The maximum atomic E-state index is 12.9. The van der Waals surface area contributed by atoms with Crippen LogP contribution in [0, 0.1) is 23.2 Å². The predicted molar refractivity (Wildman–Crippen MR) is 124 cm³/mol. The van der Waals surface area contributed by atoms with E-state index < -0.39 is 36.3 Å². The van der Waals surface area contributed by atoms with Crippen molar-refractivity contribution in [2.24, 2.45) is 23.2 Å². The summed E-state index contributed by atoms with van der Waals surface area (Å²) in [5.41, 5.74) is -0.495. The van der Waals surface area contributed by atoms with Crippen molar-refractivity contribution in [3.8, 4) is 0 Å². The van der Waals surface area contributed by atoms with Crippen molar-refractivity contribution in [2.75, 3.05) is 6.54 Å². The second kappa shape index (κ2) is 10.3. The molecule has 0 aromatic heterocycles. The zero-order chi connectivity index (χ0) is 25.3. The molecule has 1 amide bonds. The minimum atomic E-state index is -4.85. The molecule has 0 aromatic rings. The summed E-state index contributed by atoms with van der Waals surface area (Å²) in [6, 6.07) is 0. The summed E-state index contributed by atoms with van der Waals surface area (Å²) in [5, 5.41) is 32.1. The molecule has 194 valence electrons. The monoisotopic (exact) mass is 487 g/mol. The van der Waals surface area contributed by atoms with Crippen LogP contribution in [-0.4, -0.2) is 51.8 Å². The minimum Gasteiger partial charge on any atom is -0.393 e. The Hall–Kier alpha value is -1.38. The maximum absolute atomic E-state index is 12.9. The van der Waals surface area contributed by atoms with E-state index in [1.807, 2.05) is 6.92 Å². The molecule has 4 N–H and O–H groups in total. The van der Waals surface area contributed by atoms with Crippen LogP contribution in [0.5, 0.6) is 0 Å². The number of aliphatic hydroxyl groups is 3. The molecule has 0 bridgehead atoms. The van der Waals surface area contributed by atoms with Crippen molar-refractivity contribution in [3.63, 3.8) is 0 Å². The number of amides is 1. The topological polar surface area (TPSA) is 89.8 Å². The number of nitrogens with one attached hydrogen (secondary N) is 1. The number of carbonyl (C=O) groups excluding carboxylic acids is 1. The zero-order valence-electron chi connectivity index (χ0n) is 20.5. The van der Waals surface area contributed by atoms with Crippen molar-refractivity contribution in [1.82, 2.24) is 5.32 Å². The summed E-state index contributed by atoms with van der Waals surface area (Å²) >= 11 is 0. The van der Waals surface area contributed by atoms with Crippen LogP contribution in [0.2, 0.25) is 0 Å². The highest BCUT2D eigenvalue weighted by atomic mass is 19.4. The summed E-state index contributed by atoms with van der Waals surface area (Å²) in [5.74, 6) is 0.0824. The number of fused-ring (bicyclic) bond motifs is 1. The van der Waals surface area contributed by atoms with Crippen LogP contribution >= 0.6 is 0 Å². The van der Waals surface area contributed by atoms with Crippen LogP contribution in [-0.2, 0) is 4.79 Å². The highest BCUT2D eigenvalue weighted by Gasteiger charge is 2.52. The number of hydrogen-bond donors (Lipinski definition) is 4. The van der Waals surface area contributed by atoms with Crippen molar-refractivity contribution in [3.05, 3.63) is 23.3 Å². The molecule has 0 aliphatic heterocycles. The van der Waals surface area contributed by atoms with Gasteiger partial charge in [-0.1, -0.05) is 37.1 Å². The summed E-state index contributed by atoms with van der Waals surface area (Å²) in [6.07, 6.45) is 4.29. The number of allylic oxidation sites excluding steroid dienone is 3. The Balaban J connectivity index is 1.62. The van der Waals surface area contributed by atoms with E-state index in [0.29, 0.717) is 44.6 Å². The predicted octanol–water partition coefficient (Wildman–Crippen LogP) is 4.42. The van der Waals surface area contributed by atoms with Gasteiger partial charge in [-0.05, 0) is 81.5 Å². The number of carbonyl (C=O) groups is 1. The van der Waals surface area contributed by atoms with Crippen LogP contribution in [0.25, 0.3) is 0 Å². The van der Waals surface area contributed by atoms with Crippen LogP contribution in [0.3, 0.4) is 0 Å². The SMILES string of the molecule is C[C@@H](CNC(=O)C[C@@](C)(O)C(F)(F)F)[C@H]1CCC2C(=CC=C3C[C@@H](O)C[C@H](O)C3)CCC[C@@]21C. The van der Waals surface area contributed by atoms with Gasteiger partial charge in [-0.3, -0.25) is 4.79 Å². The standard InChI is InChI=1S/C26H40F3NO4/c1-16(15-30-23(33)14-25(3,34)26(27,28)29)21-8-9-22-18(5-4-10-24(21,22)2)7-6-17-11-19(31)13-20(32)12-17/h6-7,16,19-22,31-32,34H,4-5,8-15H2,1-3H3,(H,30,33)/t16-,19+,20+,21+,22?,24+,25+/m0/s1. The molecular weight excluding hydrogens is 447 g/mol. The molecule has 1 unspecified atom stereocenters. The number of alkyl halides is 3. The van der Waals surface area contributed by atoms with Crippen molar-refractivity contribution < 1.29 is 33.3 Å². The largest absolute Gasteiger partial charge is 0.417 e.